The van der Waals surface area contributed by atoms with Gasteiger partial charge in [0.2, 0.25) is 11.8 Å². The summed E-state index contributed by atoms with van der Waals surface area (Å²) in [5.41, 5.74) is 2.64. The molecule has 2 aliphatic heterocycles. The average Bonchev–Trinajstić information content (AvgIpc) is 3.15. The van der Waals surface area contributed by atoms with Crippen molar-refractivity contribution in [1.82, 2.24) is 4.90 Å². The number of benzene rings is 2. The molecule has 2 fully saturated rings. The topological polar surface area (TPSA) is 43.9 Å². The number of piperazine rings is 1. The predicted octanol–water partition coefficient (Wildman–Crippen LogP) is 3.09. The van der Waals surface area contributed by atoms with Crippen LogP contribution in [0.15, 0.2) is 48.5 Å². The molecule has 1 atom stereocenters. The Balaban J connectivity index is 1.38. The summed E-state index contributed by atoms with van der Waals surface area (Å²) in [6, 6.07) is 14.7. The van der Waals surface area contributed by atoms with Crippen LogP contribution in [0.5, 0.6) is 0 Å². The van der Waals surface area contributed by atoms with Crippen molar-refractivity contribution in [2.45, 2.75) is 19.8 Å². The highest BCUT2D eigenvalue weighted by atomic mass is 19.1. The molecule has 0 bridgehead atoms. The molecule has 5 nitrogen and oxygen atoms in total. The summed E-state index contributed by atoms with van der Waals surface area (Å²) in [6.45, 7) is 4.79. The molecule has 2 amide bonds. The van der Waals surface area contributed by atoms with Crippen molar-refractivity contribution in [3.63, 3.8) is 0 Å². The van der Waals surface area contributed by atoms with E-state index in [0.29, 0.717) is 44.8 Å². The fourth-order valence-corrected chi connectivity index (χ4v) is 4.17. The van der Waals surface area contributed by atoms with Gasteiger partial charge in [-0.05, 0) is 42.7 Å². The van der Waals surface area contributed by atoms with E-state index in [1.165, 1.54) is 11.6 Å². The SMILES string of the molecule is CCc1ccc(N2CCC(C(=O)N3CCN(c4ccccc4F)CC3)C2=O)cc1. The van der Waals surface area contributed by atoms with Crippen molar-refractivity contribution >= 4 is 23.2 Å². The van der Waals surface area contributed by atoms with Crippen LogP contribution in [-0.4, -0.2) is 49.4 Å². The first-order chi connectivity index (χ1) is 14.1. The maximum Gasteiger partial charge on any atom is 0.239 e. The van der Waals surface area contributed by atoms with Gasteiger partial charge in [-0.15, -0.1) is 0 Å². The summed E-state index contributed by atoms with van der Waals surface area (Å²) >= 11 is 0. The number of para-hydroxylation sites is 1. The number of halogens is 1. The largest absolute Gasteiger partial charge is 0.366 e. The van der Waals surface area contributed by atoms with Crippen LogP contribution in [0.2, 0.25) is 0 Å². The quantitative estimate of drug-likeness (QED) is 0.748. The first-order valence-electron chi connectivity index (χ1n) is 10.3. The minimum Gasteiger partial charge on any atom is -0.366 e. The maximum atomic E-state index is 14.0. The molecule has 2 heterocycles. The van der Waals surface area contributed by atoms with E-state index in [4.69, 9.17) is 0 Å². The molecule has 0 aromatic heterocycles. The lowest BCUT2D eigenvalue weighted by Gasteiger charge is -2.37. The van der Waals surface area contributed by atoms with Gasteiger partial charge in [-0.3, -0.25) is 9.59 Å². The Morgan fingerprint density at radius 3 is 2.34 bits per heavy atom. The number of aryl methyl sites for hydroxylation is 1. The van der Waals surface area contributed by atoms with E-state index in [1.807, 2.05) is 35.2 Å². The molecule has 2 aromatic carbocycles. The van der Waals surface area contributed by atoms with Gasteiger partial charge in [0.05, 0.1) is 5.69 Å². The minimum absolute atomic E-state index is 0.101. The van der Waals surface area contributed by atoms with Crippen molar-refractivity contribution < 1.29 is 14.0 Å². The zero-order valence-electron chi connectivity index (χ0n) is 16.7. The third kappa shape index (κ3) is 3.84. The Morgan fingerprint density at radius 2 is 1.69 bits per heavy atom. The number of hydrogen-bond acceptors (Lipinski definition) is 3. The molecule has 0 aliphatic carbocycles. The second-order valence-electron chi connectivity index (χ2n) is 7.61. The van der Waals surface area contributed by atoms with Crippen molar-refractivity contribution in [3.05, 3.63) is 59.9 Å². The van der Waals surface area contributed by atoms with Gasteiger partial charge in [0, 0.05) is 38.4 Å². The van der Waals surface area contributed by atoms with E-state index in [2.05, 4.69) is 6.92 Å². The van der Waals surface area contributed by atoms with Crippen molar-refractivity contribution in [2.75, 3.05) is 42.5 Å². The highest BCUT2D eigenvalue weighted by Gasteiger charge is 2.40. The molecule has 152 valence electrons. The van der Waals surface area contributed by atoms with Crippen molar-refractivity contribution in [2.24, 2.45) is 5.92 Å². The molecule has 0 radical (unpaired) electrons. The van der Waals surface area contributed by atoms with E-state index in [0.717, 1.165) is 12.1 Å². The number of nitrogens with zero attached hydrogens (tertiary/aromatic N) is 3. The van der Waals surface area contributed by atoms with Crippen LogP contribution >= 0.6 is 0 Å². The maximum absolute atomic E-state index is 14.0. The summed E-state index contributed by atoms with van der Waals surface area (Å²) < 4.78 is 14.0. The monoisotopic (exact) mass is 395 g/mol. The molecule has 0 spiro atoms. The molecule has 1 unspecified atom stereocenters. The normalized spacial score (nSPS) is 19.7. The molecular weight excluding hydrogens is 369 g/mol. The lowest BCUT2D eigenvalue weighted by molar-refractivity contribution is -0.140. The summed E-state index contributed by atoms with van der Waals surface area (Å²) in [4.78, 5) is 31.3. The average molecular weight is 395 g/mol. The second kappa shape index (κ2) is 8.23. The van der Waals surface area contributed by atoms with Crippen LogP contribution in [0.3, 0.4) is 0 Å². The molecule has 29 heavy (non-hydrogen) atoms. The standard InChI is InChI=1S/C23H26FN3O2/c1-2-17-7-9-18(10-8-17)27-12-11-19(23(27)29)22(28)26-15-13-25(14-16-26)21-6-4-3-5-20(21)24/h3-10,19H,2,11-16H2,1H3. The summed E-state index contributed by atoms with van der Waals surface area (Å²) in [5.74, 6) is -1.07. The summed E-state index contributed by atoms with van der Waals surface area (Å²) in [5, 5.41) is 0. The highest BCUT2D eigenvalue weighted by molar-refractivity contribution is 6.09. The third-order valence-corrected chi connectivity index (χ3v) is 5.94. The molecule has 6 heteroatoms. The van der Waals surface area contributed by atoms with Crippen LogP contribution in [0.25, 0.3) is 0 Å². The Hall–Kier alpha value is -2.89. The number of anilines is 2. The predicted molar refractivity (Wildman–Crippen MR) is 111 cm³/mol. The summed E-state index contributed by atoms with van der Waals surface area (Å²) in [6.07, 6.45) is 1.49. The number of carbonyl (C=O) groups excluding carboxylic acids is 2. The van der Waals surface area contributed by atoms with Gasteiger partial charge in [-0.2, -0.15) is 0 Å². The Labute approximate surface area is 170 Å². The van der Waals surface area contributed by atoms with Gasteiger partial charge in [0.25, 0.3) is 0 Å². The highest BCUT2D eigenvalue weighted by Crippen LogP contribution is 2.28. The third-order valence-electron chi connectivity index (χ3n) is 5.94. The lowest BCUT2D eigenvalue weighted by atomic mass is 10.1. The van der Waals surface area contributed by atoms with E-state index in [-0.39, 0.29) is 17.6 Å². The van der Waals surface area contributed by atoms with Crippen LogP contribution in [-0.2, 0) is 16.0 Å². The molecule has 0 saturated carbocycles. The molecular formula is C23H26FN3O2. The molecule has 0 N–H and O–H groups in total. The fourth-order valence-electron chi connectivity index (χ4n) is 4.17. The minimum atomic E-state index is -0.610. The first kappa shape index (κ1) is 19.4. The van der Waals surface area contributed by atoms with Gasteiger partial charge in [-0.1, -0.05) is 31.2 Å². The van der Waals surface area contributed by atoms with Crippen LogP contribution < -0.4 is 9.80 Å². The van der Waals surface area contributed by atoms with Gasteiger partial charge in [0.15, 0.2) is 0 Å². The second-order valence-corrected chi connectivity index (χ2v) is 7.61. The van der Waals surface area contributed by atoms with Gasteiger partial charge < -0.3 is 14.7 Å². The van der Waals surface area contributed by atoms with E-state index in [1.54, 1.807) is 21.9 Å². The Bertz CT molecular complexity index is 891. The van der Waals surface area contributed by atoms with Crippen LogP contribution in [0.1, 0.15) is 18.9 Å². The van der Waals surface area contributed by atoms with Gasteiger partial charge >= 0.3 is 0 Å². The van der Waals surface area contributed by atoms with Gasteiger partial charge in [-0.25, -0.2) is 4.39 Å². The number of rotatable bonds is 4. The zero-order chi connectivity index (χ0) is 20.4. The molecule has 2 saturated heterocycles. The van der Waals surface area contributed by atoms with E-state index >= 15 is 0 Å². The summed E-state index contributed by atoms with van der Waals surface area (Å²) in [7, 11) is 0. The van der Waals surface area contributed by atoms with Crippen molar-refractivity contribution in [3.8, 4) is 0 Å². The zero-order valence-corrected chi connectivity index (χ0v) is 16.7. The fraction of sp³-hybridized carbons (Fsp3) is 0.391. The van der Waals surface area contributed by atoms with E-state index < -0.39 is 5.92 Å². The Morgan fingerprint density at radius 1 is 1.00 bits per heavy atom. The number of hydrogen-bond donors (Lipinski definition) is 0. The van der Waals surface area contributed by atoms with Crippen molar-refractivity contribution in [1.29, 1.82) is 0 Å². The molecule has 4 rings (SSSR count). The first-order valence-corrected chi connectivity index (χ1v) is 10.3. The van der Waals surface area contributed by atoms with Crippen LogP contribution in [0.4, 0.5) is 15.8 Å². The van der Waals surface area contributed by atoms with E-state index in [9.17, 15) is 14.0 Å². The number of amides is 2. The smallest absolute Gasteiger partial charge is 0.239 e. The molecule has 2 aromatic rings. The van der Waals surface area contributed by atoms with Gasteiger partial charge in [0.1, 0.15) is 11.7 Å². The Kier molecular flexibility index (Phi) is 5.51. The lowest BCUT2D eigenvalue weighted by Crippen LogP contribution is -2.51. The molecule has 2 aliphatic rings. The van der Waals surface area contributed by atoms with Crippen LogP contribution in [0, 0.1) is 11.7 Å². The number of carbonyl (C=O) groups is 2.